The topological polar surface area (TPSA) is 70.6 Å². The molecule has 35 heavy (non-hydrogen) atoms. The third kappa shape index (κ3) is 4.61. The van der Waals surface area contributed by atoms with Gasteiger partial charge in [-0.3, -0.25) is 9.69 Å². The van der Waals surface area contributed by atoms with E-state index >= 15 is 0 Å². The van der Waals surface area contributed by atoms with Gasteiger partial charge in [0, 0.05) is 18.7 Å². The molecule has 0 atom stereocenters. The number of sulfonamides is 1. The minimum Gasteiger partial charge on any atom is -0.279 e. The van der Waals surface area contributed by atoms with Crippen LogP contribution in [-0.2, 0) is 16.6 Å². The van der Waals surface area contributed by atoms with Gasteiger partial charge in [0.2, 0.25) is 10.0 Å². The Morgan fingerprint density at radius 2 is 1.66 bits per heavy atom. The summed E-state index contributed by atoms with van der Waals surface area (Å²) in [5.74, 6) is -0.215. The van der Waals surface area contributed by atoms with Gasteiger partial charge >= 0.3 is 0 Å². The van der Waals surface area contributed by atoms with Crippen LogP contribution in [0, 0.1) is 13.8 Å². The first kappa shape index (κ1) is 23.7. The van der Waals surface area contributed by atoms with E-state index in [1.807, 2.05) is 43.3 Å². The van der Waals surface area contributed by atoms with Gasteiger partial charge < -0.3 is 0 Å². The zero-order chi connectivity index (χ0) is 24.6. The fraction of sp³-hybridized carbons (Fsp3) is 0.259. The van der Waals surface area contributed by atoms with Gasteiger partial charge in [0.05, 0.1) is 21.7 Å². The summed E-state index contributed by atoms with van der Waals surface area (Å²) in [5, 5.41) is 0.622. The molecule has 0 saturated carbocycles. The van der Waals surface area contributed by atoms with Gasteiger partial charge in [0.1, 0.15) is 0 Å². The highest BCUT2D eigenvalue weighted by Crippen LogP contribution is 2.33. The Morgan fingerprint density at radius 1 is 0.971 bits per heavy atom. The van der Waals surface area contributed by atoms with Crippen molar-refractivity contribution in [2.24, 2.45) is 0 Å². The third-order valence-electron chi connectivity index (χ3n) is 6.54. The van der Waals surface area contributed by atoms with Gasteiger partial charge in [0.25, 0.3) is 5.91 Å². The van der Waals surface area contributed by atoms with Crippen LogP contribution < -0.4 is 4.90 Å². The van der Waals surface area contributed by atoms with Crippen molar-refractivity contribution in [1.29, 1.82) is 0 Å². The van der Waals surface area contributed by atoms with Crippen molar-refractivity contribution < 1.29 is 13.2 Å². The lowest BCUT2D eigenvalue weighted by molar-refractivity contribution is 0.0985. The zero-order valence-corrected chi connectivity index (χ0v) is 21.4. The molecule has 2 heterocycles. The van der Waals surface area contributed by atoms with Crippen molar-refractivity contribution >= 4 is 42.6 Å². The molecule has 6 nitrogen and oxygen atoms in total. The second-order valence-corrected chi connectivity index (χ2v) is 11.8. The molecule has 8 heteroatoms. The minimum absolute atomic E-state index is 0.215. The predicted octanol–water partition coefficient (Wildman–Crippen LogP) is 5.54. The Bertz CT molecular complexity index is 1470. The zero-order valence-electron chi connectivity index (χ0n) is 19.8. The maximum absolute atomic E-state index is 13.7. The summed E-state index contributed by atoms with van der Waals surface area (Å²) in [4.78, 5) is 20.5. The van der Waals surface area contributed by atoms with Crippen LogP contribution in [0.3, 0.4) is 0 Å². The average molecular weight is 506 g/mol. The van der Waals surface area contributed by atoms with E-state index < -0.39 is 10.0 Å². The van der Waals surface area contributed by atoms with Crippen LogP contribution in [0.25, 0.3) is 10.2 Å². The first-order valence-electron chi connectivity index (χ1n) is 11.7. The molecule has 0 aliphatic carbocycles. The van der Waals surface area contributed by atoms with Crippen LogP contribution in [-0.4, -0.2) is 36.7 Å². The minimum atomic E-state index is -3.53. The SMILES string of the molecule is Cc1ccc2sc(N(Cc3ccccc3)C(=O)c3ccc(S(=O)(=O)N4CCCC4)cc3)nc2c1C. The quantitative estimate of drug-likeness (QED) is 0.345. The lowest BCUT2D eigenvalue weighted by Gasteiger charge is -2.21. The molecule has 1 aliphatic heterocycles. The van der Waals surface area contributed by atoms with Crippen LogP contribution >= 0.6 is 11.3 Å². The van der Waals surface area contributed by atoms with Crippen molar-refractivity contribution in [3.8, 4) is 0 Å². The molecule has 4 aromatic rings. The highest BCUT2D eigenvalue weighted by molar-refractivity contribution is 7.89. The molecule has 1 fully saturated rings. The maximum atomic E-state index is 13.7. The summed E-state index contributed by atoms with van der Waals surface area (Å²) >= 11 is 1.49. The van der Waals surface area contributed by atoms with Crippen molar-refractivity contribution in [2.45, 2.75) is 38.1 Å². The average Bonchev–Trinajstić information content (AvgIpc) is 3.57. The summed E-state index contributed by atoms with van der Waals surface area (Å²) < 4.78 is 28.3. The summed E-state index contributed by atoms with van der Waals surface area (Å²) in [7, 11) is -3.53. The first-order valence-corrected chi connectivity index (χ1v) is 13.9. The van der Waals surface area contributed by atoms with Crippen LogP contribution in [0.5, 0.6) is 0 Å². The summed E-state index contributed by atoms with van der Waals surface area (Å²) in [6, 6.07) is 20.2. The number of hydrogen-bond acceptors (Lipinski definition) is 5. The molecule has 0 N–H and O–H groups in total. The molecule has 0 spiro atoms. The van der Waals surface area contributed by atoms with Gasteiger partial charge in [-0.05, 0) is 73.7 Å². The van der Waals surface area contributed by atoms with Crippen molar-refractivity contribution in [1.82, 2.24) is 9.29 Å². The van der Waals surface area contributed by atoms with Crippen LogP contribution in [0.1, 0.15) is 39.9 Å². The van der Waals surface area contributed by atoms with E-state index in [1.54, 1.807) is 17.0 Å². The number of anilines is 1. The highest BCUT2D eigenvalue weighted by atomic mass is 32.2. The largest absolute Gasteiger partial charge is 0.279 e. The molecular formula is C27H27N3O3S2. The molecule has 0 bridgehead atoms. The first-order chi connectivity index (χ1) is 16.8. The van der Waals surface area contributed by atoms with Crippen LogP contribution in [0.2, 0.25) is 0 Å². The Hall–Kier alpha value is -3.07. The van der Waals surface area contributed by atoms with Gasteiger partial charge in [0.15, 0.2) is 5.13 Å². The molecule has 1 aliphatic rings. The van der Waals surface area contributed by atoms with Crippen molar-refractivity contribution in [3.63, 3.8) is 0 Å². The smallest absolute Gasteiger partial charge is 0.260 e. The molecule has 1 aromatic heterocycles. The molecule has 1 saturated heterocycles. The van der Waals surface area contributed by atoms with E-state index in [2.05, 4.69) is 13.0 Å². The molecule has 1 amide bonds. The van der Waals surface area contributed by atoms with Gasteiger partial charge in [-0.25, -0.2) is 13.4 Å². The predicted molar refractivity (Wildman–Crippen MR) is 140 cm³/mol. The Balaban J connectivity index is 1.50. The number of fused-ring (bicyclic) bond motifs is 1. The monoisotopic (exact) mass is 505 g/mol. The standard InChI is InChI=1S/C27H27N3O3S2/c1-19-10-15-24-25(20(19)2)28-27(34-24)30(18-21-8-4-3-5-9-21)26(31)22-11-13-23(14-12-22)35(32,33)29-16-6-7-17-29/h3-5,8-15H,6-7,16-18H2,1-2H3. The fourth-order valence-corrected chi connectivity index (χ4v) is 6.86. The van der Waals surface area contributed by atoms with E-state index in [4.69, 9.17) is 4.98 Å². The number of aryl methyl sites for hydroxylation is 2. The number of hydrogen-bond donors (Lipinski definition) is 0. The molecule has 5 rings (SSSR count). The van der Waals surface area contributed by atoms with E-state index in [9.17, 15) is 13.2 Å². The van der Waals surface area contributed by atoms with Gasteiger partial charge in [-0.2, -0.15) is 4.31 Å². The summed E-state index contributed by atoms with van der Waals surface area (Å²) in [5.41, 5.74) is 4.58. The number of carbonyl (C=O) groups excluding carboxylic acids is 1. The Morgan fingerprint density at radius 3 is 2.34 bits per heavy atom. The van der Waals surface area contributed by atoms with E-state index in [0.717, 1.165) is 39.7 Å². The second-order valence-electron chi connectivity index (χ2n) is 8.86. The number of nitrogens with zero attached hydrogens (tertiary/aromatic N) is 3. The number of rotatable bonds is 6. The van der Waals surface area contributed by atoms with Crippen molar-refractivity contribution in [3.05, 3.63) is 89.0 Å². The van der Waals surface area contributed by atoms with E-state index in [1.165, 1.54) is 27.8 Å². The lowest BCUT2D eigenvalue weighted by atomic mass is 10.1. The Labute approximate surface area is 209 Å². The fourth-order valence-electron chi connectivity index (χ4n) is 4.32. The number of carbonyl (C=O) groups is 1. The maximum Gasteiger partial charge on any atom is 0.260 e. The molecule has 3 aromatic carbocycles. The molecular weight excluding hydrogens is 478 g/mol. The number of aromatic nitrogens is 1. The number of benzene rings is 3. The molecule has 0 unspecified atom stereocenters. The van der Waals surface area contributed by atoms with Gasteiger partial charge in [-0.1, -0.05) is 47.7 Å². The second kappa shape index (κ2) is 9.53. The number of amides is 1. The summed E-state index contributed by atoms with van der Waals surface area (Å²) in [6.07, 6.45) is 1.76. The molecule has 0 radical (unpaired) electrons. The summed E-state index contributed by atoms with van der Waals surface area (Å²) in [6.45, 7) is 5.56. The lowest BCUT2D eigenvalue weighted by Crippen LogP contribution is -2.30. The highest BCUT2D eigenvalue weighted by Gasteiger charge is 2.28. The van der Waals surface area contributed by atoms with Gasteiger partial charge in [-0.15, -0.1) is 0 Å². The molecule has 180 valence electrons. The van der Waals surface area contributed by atoms with E-state index in [0.29, 0.717) is 30.3 Å². The Kier molecular flexibility index (Phi) is 6.44. The normalized spacial score (nSPS) is 14.5. The van der Waals surface area contributed by atoms with Crippen LogP contribution in [0.4, 0.5) is 5.13 Å². The van der Waals surface area contributed by atoms with E-state index in [-0.39, 0.29) is 10.8 Å². The van der Waals surface area contributed by atoms with Crippen molar-refractivity contribution in [2.75, 3.05) is 18.0 Å². The third-order valence-corrected chi connectivity index (χ3v) is 9.49. The van der Waals surface area contributed by atoms with Crippen LogP contribution in [0.15, 0.2) is 71.6 Å². The number of thiazole rings is 1.